The Morgan fingerprint density at radius 3 is 2.41 bits per heavy atom. The van der Waals surface area contributed by atoms with Crippen molar-refractivity contribution in [2.45, 2.75) is 24.5 Å². The highest BCUT2D eigenvalue weighted by Crippen LogP contribution is 2.31. The molecule has 0 saturated carbocycles. The number of hydrogen-bond acceptors (Lipinski definition) is 8. The first-order chi connectivity index (χ1) is 13.0. The quantitative estimate of drug-likeness (QED) is 0.410. The van der Waals surface area contributed by atoms with Gasteiger partial charge in [0.2, 0.25) is 0 Å². The molecule has 0 aliphatic heterocycles. The number of hydrogen-bond donors (Lipinski definition) is 1. The smallest absolute Gasteiger partial charge is 0.339 e. The van der Waals surface area contributed by atoms with Crippen LogP contribution in [0, 0.1) is 5.21 Å². The van der Waals surface area contributed by atoms with Gasteiger partial charge in [-0.15, -0.1) is 11.8 Å². The molecule has 27 heavy (non-hydrogen) atoms. The summed E-state index contributed by atoms with van der Waals surface area (Å²) in [6, 6.07) is 11.3. The molecule has 0 fully saturated rings. The van der Waals surface area contributed by atoms with Crippen LogP contribution >= 0.6 is 11.8 Å². The Kier molecular flexibility index (Phi) is 7.66. The van der Waals surface area contributed by atoms with Crippen molar-refractivity contribution in [2.75, 3.05) is 18.4 Å². The van der Waals surface area contributed by atoms with E-state index in [1.165, 1.54) is 23.9 Å². The number of carbonyl (C=O) groups excluding carboxylic acids is 2. The fraction of sp³-hybridized carbons (Fsp3) is 0.263. The van der Waals surface area contributed by atoms with Crippen LogP contribution in [0.25, 0.3) is 0 Å². The maximum Gasteiger partial charge on any atom is 0.339 e. The molecular formula is C19H20NO6S-. The van der Waals surface area contributed by atoms with Gasteiger partial charge in [-0.05, 0) is 43.7 Å². The second-order valence-electron chi connectivity index (χ2n) is 5.34. The van der Waals surface area contributed by atoms with Gasteiger partial charge in [0.05, 0.1) is 30.0 Å². The number of rotatable bonds is 8. The Balaban J connectivity index is 2.23. The number of nitrogens with zero attached hydrogens (tertiary/aromatic N) is 1. The number of anilines is 1. The summed E-state index contributed by atoms with van der Waals surface area (Å²) in [5.41, 5.74) is 1.05. The van der Waals surface area contributed by atoms with Gasteiger partial charge < -0.3 is 19.9 Å². The van der Waals surface area contributed by atoms with Crippen LogP contribution in [0.15, 0.2) is 47.4 Å². The molecule has 0 aliphatic carbocycles. The normalized spacial score (nSPS) is 10.4. The summed E-state index contributed by atoms with van der Waals surface area (Å²) in [6.45, 7) is 3.88. The second kappa shape index (κ2) is 9.96. The molecule has 0 saturated heterocycles. The van der Waals surface area contributed by atoms with E-state index in [0.717, 1.165) is 0 Å². The van der Waals surface area contributed by atoms with E-state index >= 15 is 0 Å². The highest BCUT2D eigenvalue weighted by Gasteiger charge is 2.15. The van der Waals surface area contributed by atoms with E-state index in [1.54, 1.807) is 44.2 Å². The van der Waals surface area contributed by atoms with Gasteiger partial charge in [-0.2, -0.15) is 0 Å². The standard InChI is InChI=1S/C19H20NO6S/c1-3-25-18(21)13-9-10-14(16(11-13)20(23)24)12-27-17-8-6-5-7-15(17)19(22)26-4-2/h5-11,23H,3-4,12H2,1-2H3/q-1. The third-order valence-electron chi connectivity index (χ3n) is 3.57. The first-order valence-corrected chi connectivity index (χ1v) is 9.31. The molecule has 0 atom stereocenters. The first kappa shape index (κ1) is 20.8. The Hall–Kier alpha value is -2.55. The number of benzene rings is 2. The lowest BCUT2D eigenvalue weighted by atomic mass is 10.1. The van der Waals surface area contributed by atoms with E-state index in [9.17, 15) is 20.0 Å². The van der Waals surface area contributed by atoms with E-state index in [4.69, 9.17) is 9.47 Å². The zero-order valence-corrected chi connectivity index (χ0v) is 15.8. The molecule has 0 spiro atoms. The van der Waals surface area contributed by atoms with Crippen LogP contribution in [-0.4, -0.2) is 30.4 Å². The lowest BCUT2D eigenvalue weighted by Crippen LogP contribution is -2.12. The minimum Gasteiger partial charge on any atom is -0.733 e. The highest BCUT2D eigenvalue weighted by atomic mass is 32.2. The van der Waals surface area contributed by atoms with E-state index in [1.807, 2.05) is 0 Å². The molecule has 0 aliphatic rings. The van der Waals surface area contributed by atoms with Crippen molar-refractivity contribution < 1.29 is 24.3 Å². The molecule has 2 aromatic carbocycles. The minimum atomic E-state index is -0.576. The Morgan fingerprint density at radius 2 is 1.74 bits per heavy atom. The van der Waals surface area contributed by atoms with Gasteiger partial charge in [-0.1, -0.05) is 18.2 Å². The van der Waals surface area contributed by atoms with Gasteiger partial charge in [0.15, 0.2) is 0 Å². The van der Waals surface area contributed by atoms with Crippen molar-refractivity contribution in [3.8, 4) is 0 Å². The number of thioether (sulfide) groups is 1. The zero-order valence-electron chi connectivity index (χ0n) is 15.0. The summed E-state index contributed by atoms with van der Waals surface area (Å²) in [6.07, 6.45) is 0. The Morgan fingerprint density at radius 1 is 1.07 bits per heavy atom. The Labute approximate surface area is 161 Å². The molecular weight excluding hydrogens is 370 g/mol. The van der Waals surface area contributed by atoms with Crippen LogP contribution in [0.2, 0.25) is 0 Å². The van der Waals surface area contributed by atoms with Crippen molar-refractivity contribution in [1.29, 1.82) is 0 Å². The van der Waals surface area contributed by atoms with Gasteiger partial charge in [-0.25, -0.2) is 9.59 Å². The molecule has 144 valence electrons. The third-order valence-corrected chi connectivity index (χ3v) is 4.69. The van der Waals surface area contributed by atoms with E-state index in [2.05, 4.69) is 0 Å². The molecule has 2 aromatic rings. The summed E-state index contributed by atoms with van der Waals surface area (Å²) in [5, 5.41) is 20.6. The van der Waals surface area contributed by atoms with Crippen molar-refractivity contribution in [2.24, 2.45) is 0 Å². The summed E-state index contributed by atoms with van der Waals surface area (Å²) >= 11 is 1.32. The number of esters is 2. The van der Waals surface area contributed by atoms with Gasteiger partial charge in [0.1, 0.15) is 0 Å². The van der Waals surface area contributed by atoms with E-state index in [0.29, 0.717) is 21.8 Å². The van der Waals surface area contributed by atoms with Crippen LogP contribution in [0.3, 0.4) is 0 Å². The minimum absolute atomic E-state index is 0.0540. The molecule has 0 radical (unpaired) electrons. The molecule has 0 heterocycles. The maximum atomic E-state index is 12.0. The van der Waals surface area contributed by atoms with Crippen LogP contribution in [0.5, 0.6) is 0 Å². The monoisotopic (exact) mass is 390 g/mol. The molecule has 0 bridgehead atoms. The average Bonchev–Trinajstić information content (AvgIpc) is 2.66. The predicted molar refractivity (Wildman–Crippen MR) is 102 cm³/mol. The molecule has 1 N–H and O–H groups in total. The SMILES string of the molecule is CCOC(=O)c1ccc(CSc2ccccc2C(=O)OCC)c(N([O-])O)c1. The second-order valence-corrected chi connectivity index (χ2v) is 6.36. The molecule has 8 heteroatoms. The predicted octanol–water partition coefficient (Wildman–Crippen LogP) is 4.03. The van der Waals surface area contributed by atoms with Gasteiger partial charge in [0.25, 0.3) is 0 Å². The van der Waals surface area contributed by atoms with Crippen LogP contribution in [-0.2, 0) is 15.2 Å². The van der Waals surface area contributed by atoms with Crippen LogP contribution in [0.4, 0.5) is 5.69 Å². The molecule has 0 unspecified atom stereocenters. The summed E-state index contributed by atoms with van der Waals surface area (Å²) in [7, 11) is 0. The lowest BCUT2D eigenvalue weighted by molar-refractivity contribution is 0.0514. The molecule has 2 rings (SSSR count). The van der Waals surface area contributed by atoms with E-state index < -0.39 is 11.9 Å². The van der Waals surface area contributed by atoms with Crippen LogP contribution < -0.4 is 5.23 Å². The average molecular weight is 390 g/mol. The molecule has 0 aromatic heterocycles. The number of ether oxygens (including phenoxy) is 2. The first-order valence-electron chi connectivity index (χ1n) is 8.33. The molecule has 7 nitrogen and oxygen atoms in total. The highest BCUT2D eigenvalue weighted by molar-refractivity contribution is 7.98. The lowest BCUT2D eigenvalue weighted by Gasteiger charge is -2.25. The fourth-order valence-electron chi connectivity index (χ4n) is 2.33. The van der Waals surface area contributed by atoms with Crippen molar-refractivity contribution >= 4 is 29.4 Å². The Bertz CT molecular complexity index is 809. The van der Waals surface area contributed by atoms with Crippen molar-refractivity contribution in [3.05, 3.63) is 64.4 Å². The molecule has 0 amide bonds. The number of carbonyl (C=O) groups is 2. The van der Waals surface area contributed by atoms with Crippen molar-refractivity contribution in [1.82, 2.24) is 0 Å². The van der Waals surface area contributed by atoms with E-state index in [-0.39, 0.29) is 29.7 Å². The van der Waals surface area contributed by atoms with Gasteiger partial charge >= 0.3 is 11.9 Å². The maximum absolute atomic E-state index is 12.0. The van der Waals surface area contributed by atoms with Crippen LogP contribution in [0.1, 0.15) is 40.1 Å². The van der Waals surface area contributed by atoms with Gasteiger partial charge in [0, 0.05) is 10.6 Å². The van der Waals surface area contributed by atoms with Gasteiger partial charge in [-0.3, -0.25) is 5.21 Å². The summed E-state index contributed by atoms with van der Waals surface area (Å²) < 4.78 is 9.94. The zero-order chi connectivity index (χ0) is 19.8. The topological polar surface area (TPSA) is 99.1 Å². The summed E-state index contributed by atoms with van der Waals surface area (Å²) in [5.74, 6) is -0.702. The summed E-state index contributed by atoms with van der Waals surface area (Å²) in [4.78, 5) is 24.5. The van der Waals surface area contributed by atoms with Crippen molar-refractivity contribution in [3.63, 3.8) is 0 Å². The fourth-order valence-corrected chi connectivity index (χ4v) is 3.37. The third kappa shape index (κ3) is 5.46. The largest absolute Gasteiger partial charge is 0.733 e.